The van der Waals surface area contributed by atoms with Crippen LogP contribution in [-0.2, 0) is 14.3 Å². The zero-order valence-corrected chi connectivity index (χ0v) is 8.04. The van der Waals surface area contributed by atoms with E-state index in [-0.39, 0.29) is 12.1 Å². The van der Waals surface area contributed by atoms with Crippen molar-refractivity contribution in [3.63, 3.8) is 0 Å². The van der Waals surface area contributed by atoms with Gasteiger partial charge in [-0.25, -0.2) is 4.79 Å². The van der Waals surface area contributed by atoms with Gasteiger partial charge in [-0.05, 0) is 26.2 Å². The first kappa shape index (κ1) is 9.00. The van der Waals surface area contributed by atoms with Crippen molar-refractivity contribution in [3.8, 4) is 0 Å². The summed E-state index contributed by atoms with van der Waals surface area (Å²) < 4.78 is 10.5. The van der Waals surface area contributed by atoms with Gasteiger partial charge in [0.1, 0.15) is 0 Å². The van der Waals surface area contributed by atoms with Crippen LogP contribution in [0.3, 0.4) is 0 Å². The number of carbonyl (C=O) groups excluding carboxylic acids is 1. The number of carbonyl (C=O) groups is 1. The van der Waals surface area contributed by atoms with Gasteiger partial charge in [-0.3, -0.25) is 0 Å². The molecule has 2 rings (SSSR count). The van der Waals surface area contributed by atoms with E-state index in [0.29, 0.717) is 6.61 Å². The lowest BCUT2D eigenvalue weighted by atomic mass is 10.0. The number of hydrogen-bond donors (Lipinski definition) is 0. The smallest absolute Gasteiger partial charge is 0.341 e. The SMILES string of the molecule is CCOC(=O)[C@@]12CCCCC[C@@H]1O2. The number of esters is 1. The van der Waals surface area contributed by atoms with Crippen LogP contribution in [-0.4, -0.2) is 24.3 Å². The van der Waals surface area contributed by atoms with Gasteiger partial charge in [-0.2, -0.15) is 0 Å². The quantitative estimate of drug-likeness (QED) is 0.484. The first-order valence-corrected chi connectivity index (χ1v) is 5.14. The fraction of sp³-hybridized carbons (Fsp3) is 0.900. The topological polar surface area (TPSA) is 38.8 Å². The van der Waals surface area contributed by atoms with Crippen molar-refractivity contribution < 1.29 is 14.3 Å². The lowest BCUT2D eigenvalue weighted by molar-refractivity contribution is -0.149. The number of epoxide rings is 1. The second-order valence-corrected chi connectivity index (χ2v) is 3.82. The van der Waals surface area contributed by atoms with Gasteiger partial charge in [0, 0.05) is 0 Å². The Kier molecular flexibility index (Phi) is 2.28. The maximum absolute atomic E-state index is 11.6. The molecule has 2 aliphatic rings. The molecular formula is C10H16O3. The summed E-state index contributed by atoms with van der Waals surface area (Å²) in [6, 6.07) is 0. The fourth-order valence-electron chi connectivity index (χ4n) is 2.16. The Bertz CT molecular complexity index is 214. The molecule has 0 aromatic rings. The van der Waals surface area contributed by atoms with Gasteiger partial charge in [0.2, 0.25) is 0 Å². The molecule has 2 fully saturated rings. The molecule has 13 heavy (non-hydrogen) atoms. The van der Waals surface area contributed by atoms with Crippen LogP contribution in [0.4, 0.5) is 0 Å². The molecule has 1 saturated carbocycles. The van der Waals surface area contributed by atoms with Crippen LogP contribution in [0.2, 0.25) is 0 Å². The van der Waals surface area contributed by atoms with Gasteiger partial charge < -0.3 is 9.47 Å². The lowest BCUT2D eigenvalue weighted by Crippen LogP contribution is -2.29. The molecule has 3 nitrogen and oxygen atoms in total. The molecule has 0 aromatic carbocycles. The van der Waals surface area contributed by atoms with E-state index in [1.165, 1.54) is 12.8 Å². The Morgan fingerprint density at radius 2 is 2.38 bits per heavy atom. The summed E-state index contributed by atoms with van der Waals surface area (Å²) in [5.41, 5.74) is -0.521. The van der Waals surface area contributed by atoms with Gasteiger partial charge in [0.15, 0.2) is 5.60 Å². The van der Waals surface area contributed by atoms with Crippen LogP contribution in [0.25, 0.3) is 0 Å². The highest BCUT2D eigenvalue weighted by atomic mass is 16.7. The normalized spacial score (nSPS) is 37.5. The fourth-order valence-corrected chi connectivity index (χ4v) is 2.16. The summed E-state index contributed by atoms with van der Waals surface area (Å²) in [6.45, 7) is 2.29. The van der Waals surface area contributed by atoms with E-state index >= 15 is 0 Å². The first-order valence-electron chi connectivity index (χ1n) is 5.14. The van der Waals surface area contributed by atoms with Crippen molar-refractivity contribution in [3.05, 3.63) is 0 Å². The second kappa shape index (κ2) is 3.29. The summed E-state index contributed by atoms with van der Waals surface area (Å²) in [6.07, 6.45) is 5.55. The molecule has 0 N–H and O–H groups in total. The molecule has 1 heterocycles. The largest absolute Gasteiger partial charge is 0.464 e. The summed E-state index contributed by atoms with van der Waals surface area (Å²) in [4.78, 5) is 11.6. The maximum Gasteiger partial charge on any atom is 0.341 e. The number of hydrogen-bond acceptors (Lipinski definition) is 3. The first-order chi connectivity index (χ1) is 6.29. The van der Waals surface area contributed by atoms with E-state index in [1.54, 1.807) is 0 Å². The molecule has 0 spiro atoms. The van der Waals surface area contributed by atoms with E-state index in [0.717, 1.165) is 19.3 Å². The van der Waals surface area contributed by atoms with Crippen molar-refractivity contribution in [1.82, 2.24) is 0 Å². The van der Waals surface area contributed by atoms with Gasteiger partial charge >= 0.3 is 5.97 Å². The minimum Gasteiger partial charge on any atom is -0.464 e. The predicted molar refractivity (Wildman–Crippen MR) is 47.3 cm³/mol. The highest BCUT2D eigenvalue weighted by Crippen LogP contribution is 2.47. The van der Waals surface area contributed by atoms with Crippen LogP contribution in [0.5, 0.6) is 0 Å². The van der Waals surface area contributed by atoms with E-state index in [4.69, 9.17) is 9.47 Å². The molecule has 74 valence electrons. The predicted octanol–water partition coefficient (Wildman–Crippen LogP) is 1.65. The van der Waals surface area contributed by atoms with Crippen molar-refractivity contribution in [1.29, 1.82) is 0 Å². The summed E-state index contributed by atoms with van der Waals surface area (Å²) in [5, 5.41) is 0. The second-order valence-electron chi connectivity index (χ2n) is 3.82. The zero-order valence-electron chi connectivity index (χ0n) is 8.04. The maximum atomic E-state index is 11.6. The van der Waals surface area contributed by atoms with Crippen LogP contribution in [0.1, 0.15) is 39.0 Å². The molecule has 1 aliphatic heterocycles. The minimum atomic E-state index is -0.521. The van der Waals surface area contributed by atoms with E-state index < -0.39 is 5.60 Å². The molecule has 0 amide bonds. The monoisotopic (exact) mass is 184 g/mol. The van der Waals surface area contributed by atoms with Crippen molar-refractivity contribution in [2.75, 3.05) is 6.61 Å². The van der Waals surface area contributed by atoms with Gasteiger partial charge in [0.25, 0.3) is 0 Å². The van der Waals surface area contributed by atoms with Crippen LogP contribution >= 0.6 is 0 Å². The average molecular weight is 184 g/mol. The number of fused-ring (bicyclic) bond motifs is 1. The third-order valence-corrected chi connectivity index (χ3v) is 2.95. The zero-order chi connectivity index (χ0) is 9.31. The van der Waals surface area contributed by atoms with Gasteiger partial charge in [-0.15, -0.1) is 0 Å². The van der Waals surface area contributed by atoms with Crippen molar-refractivity contribution in [2.24, 2.45) is 0 Å². The Labute approximate surface area is 78.4 Å². The molecule has 0 radical (unpaired) electrons. The van der Waals surface area contributed by atoms with E-state index in [9.17, 15) is 4.79 Å². The number of ether oxygens (including phenoxy) is 2. The third-order valence-electron chi connectivity index (χ3n) is 2.95. The highest BCUT2D eigenvalue weighted by molar-refractivity contribution is 5.83. The molecular weight excluding hydrogens is 168 g/mol. The van der Waals surface area contributed by atoms with E-state index in [2.05, 4.69) is 0 Å². The number of rotatable bonds is 2. The summed E-state index contributed by atoms with van der Waals surface area (Å²) >= 11 is 0. The molecule has 1 saturated heterocycles. The van der Waals surface area contributed by atoms with Crippen molar-refractivity contribution >= 4 is 5.97 Å². The Morgan fingerprint density at radius 3 is 3.15 bits per heavy atom. The van der Waals surface area contributed by atoms with Crippen LogP contribution in [0, 0.1) is 0 Å². The standard InChI is InChI=1S/C10H16O3/c1-2-12-9(11)10-7-5-3-4-6-8(10)13-10/h8H,2-7H2,1H3/t8-,10+/m0/s1. The molecule has 2 atom stereocenters. The Morgan fingerprint density at radius 1 is 1.54 bits per heavy atom. The molecule has 0 aromatic heterocycles. The highest BCUT2D eigenvalue weighted by Gasteiger charge is 2.63. The minimum absolute atomic E-state index is 0.137. The molecule has 1 aliphatic carbocycles. The van der Waals surface area contributed by atoms with Gasteiger partial charge in [-0.1, -0.05) is 12.8 Å². The van der Waals surface area contributed by atoms with Crippen molar-refractivity contribution in [2.45, 2.75) is 50.7 Å². The Balaban J connectivity index is 2.00. The van der Waals surface area contributed by atoms with Crippen LogP contribution in [0.15, 0.2) is 0 Å². The summed E-state index contributed by atoms with van der Waals surface area (Å²) in [7, 11) is 0. The van der Waals surface area contributed by atoms with Crippen LogP contribution < -0.4 is 0 Å². The summed E-state index contributed by atoms with van der Waals surface area (Å²) in [5.74, 6) is -0.137. The average Bonchev–Trinajstić information content (AvgIpc) is 2.77. The lowest BCUT2D eigenvalue weighted by Gasteiger charge is -2.09. The van der Waals surface area contributed by atoms with E-state index in [1.807, 2.05) is 6.92 Å². The third kappa shape index (κ3) is 1.46. The molecule has 0 unspecified atom stereocenters. The Hall–Kier alpha value is -0.570. The van der Waals surface area contributed by atoms with Gasteiger partial charge in [0.05, 0.1) is 12.7 Å². The molecule has 3 heteroatoms. The molecule has 0 bridgehead atoms.